The van der Waals surface area contributed by atoms with Gasteiger partial charge in [-0.1, -0.05) is 11.6 Å². The quantitative estimate of drug-likeness (QED) is 0.902. The maximum absolute atomic E-state index is 12.9. The number of hydrogen-bond acceptors (Lipinski definition) is 3. The van der Waals surface area contributed by atoms with Crippen molar-refractivity contribution in [2.24, 2.45) is 5.41 Å². The first-order valence-corrected chi connectivity index (χ1v) is 8.70. The molecule has 4 nitrogen and oxygen atoms in total. The molecule has 0 unspecified atom stereocenters. The van der Waals surface area contributed by atoms with Gasteiger partial charge in [-0.25, -0.2) is 0 Å². The van der Waals surface area contributed by atoms with Crippen molar-refractivity contribution >= 4 is 17.5 Å². The van der Waals surface area contributed by atoms with Crippen LogP contribution in [0.2, 0.25) is 5.02 Å². The van der Waals surface area contributed by atoms with E-state index in [2.05, 4.69) is 11.9 Å². The molecule has 2 aliphatic heterocycles. The molecule has 1 aromatic carbocycles. The summed E-state index contributed by atoms with van der Waals surface area (Å²) in [6.07, 6.45) is 3.04. The number of carbonyl (C=O) groups excluding carboxylic acids is 1. The van der Waals surface area contributed by atoms with Crippen LogP contribution in [0.5, 0.6) is 0 Å². The third-order valence-corrected chi connectivity index (χ3v) is 5.81. The Morgan fingerprint density at radius 1 is 1.35 bits per heavy atom. The third kappa shape index (κ3) is 3.12. The Labute approximate surface area is 143 Å². The lowest BCUT2D eigenvalue weighted by atomic mass is 9.69. The molecule has 5 heteroatoms. The monoisotopic (exact) mass is 336 g/mol. The fourth-order valence-corrected chi connectivity index (χ4v) is 4.53. The Bertz CT molecular complexity index is 586. The number of rotatable bonds is 2. The van der Waals surface area contributed by atoms with E-state index in [1.807, 2.05) is 24.0 Å². The van der Waals surface area contributed by atoms with Crippen molar-refractivity contribution < 1.29 is 9.90 Å². The predicted octanol–water partition coefficient (Wildman–Crippen LogP) is 2.57. The van der Waals surface area contributed by atoms with E-state index in [9.17, 15) is 9.90 Å². The highest BCUT2D eigenvalue weighted by Crippen LogP contribution is 2.41. The molecule has 1 aromatic rings. The number of nitrogens with zero attached hydrogens (tertiary/aromatic N) is 2. The maximum Gasteiger partial charge on any atom is 0.253 e. The molecule has 3 rings (SSSR count). The smallest absolute Gasteiger partial charge is 0.253 e. The van der Waals surface area contributed by atoms with Crippen molar-refractivity contribution in [2.45, 2.75) is 32.2 Å². The number of aliphatic hydroxyl groups excluding tert-OH is 1. The molecule has 1 N–H and O–H groups in total. The van der Waals surface area contributed by atoms with E-state index in [1.54, 1.807) is 6.07 Å². The van der Waals surface area contributed by atoms with Crippen molar-refractivity contribution in [3.63, 3.8) is 0 Å². The average molecular weight is 337 g/mol. The SMILES string of the molecule is Cc1cc(Cl)cc(C(=O)N2CC[C@@]3(CO)CCCN(C)[C@@H]3C2)c1. The van der Waals surface area contributed by atoms with Crippen LogP contribution in [0.1, 0.15) is 35.2 Å². The number of carbonyl (C=O) groups is 1. The number of piperidine rings is 2. The molecule has 1 amide bonds. The van der Waals surface area contributed by atoms with Gasteiger partial charge in [0.05, 0.1) is 6.61 Å². The van der Waals surface area contributed by atoms with Crippen LogP contribution in [-0.2, 0) is 0 Å². The molecule has 2 atom stereocenters. The number of benzene rings is 1. The van der Waals surface area contributed by atoms with Crippen LogP contribution < -0.4 is 0 Å². The molecule has 23 heavy (non-hydrogen) atoms. The normalized spacial score (nSPS) is 28.5. The lowest BCUT2D eigenvalue weighted by molar-refractivity contribution is -0.0601. The lowest BCUT2D eigenvalue weighted by Gasteiger charge is -2.53. The van der Waals surface area contributed by atoms with Crippen LogP contribution in [0, 0.1) is 12.3 Å². The fourth-order valence-electron chi connectivity index (χ4n) is 4.24. The Kier molecular flexibility index (Phi) is 4.68. The minimum absolute atomic E-state index is 0.0427. The van der Waals surface area contributed by atoms with Gasteiger partial charge in [0, 0.05) is 35.1 Å². The minimum Gasteiger partial charge on any atom is -0.396 e. The van der Waals surface area contributed by atoms with E-state index in [-0.39, 0.29) is 24.0 Å². The van der Waals surface area contributed by atoms with Crippen molar-refractivity contribution in [3.8, 4) is 0 Å². The summed E-state index contributed by atoms with van der Waals surface area (Å²) < 4.78 is 0. The largest absolute Gasteiger partial charge is 0.396 e. The maximum atomic E-state index is 12.9. The number of hydrogen-bond donors (Lipinski definition) is 1. The molecular formula is C18H25ClN2O2. The van der Waals surface area contributed by atoms with Gasteiger partial charge < -0.3 is 14.9 Å². The Morgan fingerprint density at radius 2 is 2.13 bits per heavy atom. The first kappa shape index (κ1) is 16.7. The van der Waals surface area contributed by atoms with E-state index in [0.29, 0.717) is 23.7 Å². The van der Waals surface area contributed by atoms with E-state index in [4.69, 9.17) is 11.6 Å². The Morgan fingerprint density at radius 3 is 2.83 bits per heavy atom. The summed E-state index contributed by atoms with van der Waals surface area (Å²) in [4.78, 5) is 17.1. The van der Waals surface area contributed by atoms with Gasteiger partial charge in [-0.15, -0.1) is 0 Å². The molecule has 2 aliphatic rings. The highest BCUT2D eigenvalue weighted by atomic mass is 35.5. The number of aliphatic hydroxyl groups is 1. The number of fused-ring (bicyclic) bond motifs is 1. The average Bonchev–Trinajstić information content (AvgIpc) is 2.53. The Balaban J connectivity index is 1.81. The first-order valence-electron chi connectivity index (χ1n) is 8.33. The number of halogens is 1. The van der Waals surface area contributed by atoms with Gasteiger partial charge in [0.15, 0.2) is 0 Å². The topological polar surface area (TPSA) is 43.8 Å². The van der Waals surface area contributed by atoms with Crippen molar-refractivity contribution in [2.75, 3.05) is 33.3 Å². The molecule has 2 saturated heterocycles. The zero-order valence-electron chi connectivity index (χ0n) is 13.9. The van der Waals surface area contributed by atoms with Gasteiger partial charge in [0.2, 0.25) is 0 Å². The van der Waals surface area contributed by atoms with Gasteiger partial charge in [-0.2, -0.15) is 0 Å². The van der Waals surface area contributed by atoms with E-state index in [1.165, 1.54) is 0 Å². The molecule has 2 fully saturated rings. The molecular weight excluding hydrogens is 312 g/mol. The summed E-state index contributed by atoms with van der Waals surface area (Å²) in [5, 5.41) is 10.6. The summed E-state index contributed by atoms with van der Waals surface area (Å²) in [5.74, 6) is 0.0427. The van der Waals surface area contributed by atoms with E-state index < -0.39 is 0 Å². The highest BCUT2D eigenvalue weighted by Gasteiger charge is 2.47. The van der Waals surface area contributed by atoms with Crippen LogP contribution in [-0.4, -0.2) is 60.1 Å². The van der Waals surface area contributed by atoms with Gasteiger partial charge in [0.1, 0.15) is 0 Å². The van der Waals surface area contributed by atoms with Crippen LogP contribution >= 0.6 is 11.6 Å². The van der Waals surface area contributed by atoms with Crippen molar-refractivity contribution in [1.82, 2.24) is 9.80 Å². The second kappa shape index (κ2) is 6.42. The molecule has 2 heterocycles. The lowest BCUT2D eigenvalue weighted by Crippen LogP contribution is -2.62. The predicted molar refractivity (Wildman–Crippen MR) is 91.9 cm³/mol. The summed E-state index contributed by atoms with van der Waals surface area (Å²) >= 11 is 6.10. The van der Waals surface area contributed by atoms with Crippen LogP contribution in [0.15, 0.2) is 18.2 Å². The number of likely N-dealkylation sites (tertiary alicyclic amines) is 2. The number of aryl methyl sites for hydroxylation is 1. The Hall–Kier alpha value is -1.10. The van der Waals surface area contributed by atoms with Crippen molar-refractivity contribution in [1.29, 1.82) is 0 Å². The molecule has 0 saturated carbocycles. The standard InChI is InChI=1S/C18H25ClN2O2/c1-13-8-14(10-15(19)9-13)17(23)21-7-5-18(12-22)4-3-6-20(2)16(18)11-21/h8-10,16,22H,3-7,11-12H2,1-2H3/t16-,18-/m1/s1. The minimum atomic E-state index is -0.0476. The zero-order valence-corrected chi connectivity index (χ0v) is 14.6. The summed E-state index contributed by atoms with van der Waals surface area (Å²) in [6, 6.07) is 5.74. The summed E-state index contributed by atoms with van der Waals surface area (Å²) in [6.45, 7) is 4.58. The molecule has 126 valence electrons. The van der Waals surface area contributed by atoms with E-state index >= 15 is 0 Å². The second-order valence-electron chi connectivity index (χ2n) is 7.14. The van der Waals surface area contributed by atoms with Gasteiger partial charge in [0.25, 0.3) is 5.91 Å². The number of likely N-dealkylation sites (N-methyl/N-ethyl adjacent to an activating group) is 1. The zero-order chi connectivity index (χ0) is 16.6. The van der Waals surface area contributed by atoms with E-state index in [0.717, 1.165) is 31.4 Å². The summed E-state index contributed by atoms with van der Waals surface area (Å²) in [7, 11) is 2.10. The molecule has 0 bridgehead atoms. The molecule has 0 aromatic heterocycles. The third-order valence-electron chi connectivity index (χ3n) is 5.59. The summed E-state index contributed by atoms with van der Waals surface area (Å²) in [5.41, 5.74) is 1.61. The second-order valence-corrected chi connectivity index (χ2v) is 7.58. The molecule has 0 spiro atoms. The fraction of sp³-hybridized carbons (Fsp3) is 0.611. The van der Waals surface area contributed by atoms with Gasteiger partial charge >= 0.3 is 0 Å². The van der Waals surface area contributed by atoms with Gasteiger partial charge in [-0.05, 0) is 63.5 Å². The van der Waals surface area contributed by atoms with Gasteiger partial charge in [-0.3, -0.25) is 4.79 Å². The van der Waals surface area contributed by atoms with Crippen LogP contribution in [0.25, 0.3) is 0 Å². The van der Waals surface area contributed by atoms with Crippen LogP contribution in [0.3, 0.4) is 0 Å². The van der Waals surface area contributed by atoms with Crippen molar-refractivity contribution in [3.05, 3.63) is 34.3 Å². The first-order chi connectivity index (χ1) is 10.9. The highest BCUT2D eigenvalue weighted by molar-refractivity contribution is 6.31. The number of amides is 1. The molecule has 0 aliphatic carbocycles. The molecule has 0 radical (unpaired) electrons. The van der Waals surface area contributed by atoms with Crippen LogP contribution in [0.4, 0.5) is 0 Å².